The molecular weight excluding hydrogens is 304 g/mol. The van der Waals surface area contributed by atoms with Crippen LogP contribution in [0.25, 0.3) is 5.57 Å². The van der Waals surface area contributed by atoms with Crippen LogP contribution in [0, 0.1) is 0 Å². The summed E-state index contributed by atoms with van der Waals surface area (Å²) in [5, 5.41) is 12.2. The van der Waals surface area contributed by atoms with E-state index in [9.17, 15) is 0 Å². The molecule has 3 rings (SSSR count). The molecule has 1 heterocycles. The van der Waals surface area contributed by atoms with E-state index in [-0.39, 0.29) is 6.61 Å². The monoisotopic (exact) mass is 326 g/mol. The molecule has 7 nitrogen and oxygen atoms in total. The highest BCUT2D eigenvalue weighted by molar-refractivity contribution is 6.63. The Labute approximate surface area is 141 Å². The van der Waals surface area contributed by atoms with E-state index in [2.05, 4.69) is 32.7 Å². The molecule has 0 bridgehead atoms. The predicted molar refractivity (Wildman–Crippen MR) is 98.6 cm³/mol. The first-order chi connectivity index (χ1) is 11.7. The number of hydrogen-bond acceptors (Lipinski definition) is 4. The van der Waals surface area contributed by atoms with E-state index in [1.54, 1.807) is 7.05 Å². The molecule has 0 spiro atoms. The number of amidine groups is 1. The number of benzene rings is 1. The van der Waals surface area contributed by atoms with Crippen molar-refractivity contribution in [1.29, 1.82) is 0 Å². The quantitative estimate of drug-likeness (QED) is 0.289. The van der Waals surface area contributed by atoms with Crippen LogP contribution in [-0.2, 0) is 0 Å². The second-order valence-electron chi connectivity index (χ2n) is 5.64. The number of para-hydroxylation sites is 1. The largest absolute Gasteiger partial charge is 0.395 e. The summed E-state index contributed by atoms with van der Waals surface area (Å²) in [6, 6.07) is 8.33. The number of rotatable bonds is 4. The predicted octanol–water partition coefficient (Wildman–Crippen LogP) is 1.20. The van der Waals surface area contributed by atoms with E-state index in [1.807, 2.05) is 24.3 Å². The van der Waals surface area contributed by atoms with Crippen molar-refractivity contribution in [1.82, 2.24) is 10.9 Å². The Morgan fingerprint density at radius 3 is 2.88 bits per heavy atom. The van der Waals surface area contributed by atoms with Gasteiger partial charge in [-0.15, -0.1) is 0 Å². The van der Waals surface area contributed by atoms with Crippen molar-refractivity contribution < 1.29 is 5.11 Å². The van der Waals surface area contributed by atoms with Crippen molar-refractivity contribution in [2.75, 3.05) is 25.5 Å². The topological polar surface area (TPSA) is 93.4 Å². The maximum Gasteiger partial charge on any atom is 0.233 e. The van der Waals surface area contributed by atoms with Crippen molar-refractivity contribution in [3.8, 4) is 0 Å². The number of guanidine groups is 1. The number of hydrogen-bond donors (Lipinski definition) is 4. The maximum atomic E-state index is 8.85. The molecular formula is C17H22N6O. The highest BCUT2D eigenvalue weighted by atomic mass is 16.3. The maximum absolute atomic E-state index is 8.85. The number of aliphatic hydroxyl groups is 1. The lowest BCUT2D eigenvalue weighted by Gasteiger charge is -2.24. The minimum Gasteiger partial charge on any atom is -0.395 e. The normalized spacial score (nSPS) is 20.9. The summed E-state index contributed by atoms with van der Waals surface area (Å²) in [6.45, 7) is 4.63. The Kier molecular flexibility index (Phi) is 5.02. The number of aliphatic imine (C=N–C) groups is 3. The molecule has 24 heavy (non-hydrogen) atoms. The van der Waals surface area contributed by atoms with Gasteiger partial charge in [-0.25, -0.2) is 10.4 Å². The molecule has 0 atom stereocenters. The zero-order valence-electron chi connectivity index (χ0n) is 13.7. The lowest BCUT2D eigenvalue weighted by molar-refractivity contribution is 0.289. The van der Waals surface area contributed by atoms with Crippen molar-refractivity contribution in [2.45, 2.75) is 18.9 Å². The average Bonchev–Trinajstić information content (AvgIpc) is 3.41. The fourth-order valence-corrected chi connectivity index (χ4v) is 2.35. The highest BCUT2D eigenvalue weighted by Gasteiger charge is 2.28. The highest BCUT2D eigenvalue weighted by Crippen LogP contribution is 2.31. The number of fused-ring (bicyclic) bond motifs is 1. The summed E-state index contributed by atoms with van der Waals surface area (Å²) in [5.74, 6) is 1.13. The standard InChI is InChI=1S/C17H22N6O/c1-11-13-5-3-4-6-14(13)21-16(20-12-7-8-12)15(11)22-17(18-2)23-19-9-10-24/h3-6,12,19,24H,1,7-10H2,2H3,(H,18,23)(H,20,21). The summed E-state index contributed by atoms with van der Waals surface area (Å²) in [4.78, 5) is 13.4. The third-order valence-electron chi connectivity index (χ3n) is 3.74. The second kappa shape index (κ2) is 7.37. The lowest BCUT2D eigenvalue weighted by atomic mass is 9.96. The van der Waals surface area contributed by atoms with Crippen LogP contribution in [0.1, 0.15) is 18.4 Å². The van der Waals surface area contributed by atoms with Gasteiger partial charge in [0, 0.05) is 30.4 Å². The fourth-order valence-electron chi connectivity index (χ4n) is 2.35. The smallest absolute Gasteiger partial charge is 0.233 e. The lowest BCUT2D eigenvalue weighted by Crippen LogP contribution is -2.40. The molecule has 1 saturated carbocycles. The number of aliphatic hydroxyl groups excluding tert-OH is 1. The third kappa shape index (κ3) is 3.69. The van der Waals surface area contributed by atoms with Gasteiger partial charge in [0.1, 0.15) is 5.71 Å². The minimum absolute atomic E-state index is 0.0244. The molecule has 0 aromatic heterocycles. The zero-order chi connectivity index (χ0) is 16.9. The SMILES string of the molecule is C=C1C(=NC(=NC)NNCCO)C(=NC2CC2)Nc2ccccc21. The molecule has 126 valence electrons. The van der Waals surface area contributed by atoms with Gasteiger partial charge in [-0.1, -0.05) is 24.8 Å². The molecule has 1 fully saturated rings. The first-order valence-corrected chi connectivity index (χ1v) is 8.02. The third-order valence-corrected chi connectivity index (χ3v) is 3.74. The van der Waals surface area contributed by atoms with E-state index in [0.29, 0.717) is 24.3 Å². The van der Waals surface area contributed by atoms with Crippen LogP contribution in [-0.4, -0.2) is 48.9 Å². The van der Waals surface area contributed by atoms with Crippen LogP contribution < -0.4 is 16.2 Å². The Morgan fingerprint density at radius 2 is 2.17 bits per heavy atom. The summed E-state index contributed by atoms with van der Waals surface area (Å²) >= 11 is 0. The van der Waals surface area contributed by atoms with Crippen LogP contribution >= 0.6 is 0 Å². The molecule has 1 aliphatic heterocycles. The molecule has 7 heteroatoms. The van der Waals surface area contributed by atoms with Gasteiger partial charge >= 0.3 is 0 Å². The summed E-state index contributed by atoms with van der Waals surface area (Å²) in [6.07, 6.45) is 2.22. The first-order valence-electron chi connectivity index (χ1n) is 8.02. The van der Waals surface area contributed by atoms with E-state index in [0.717, 1.165) is 35.5 Å². The first kappa shape index (κ1) is 16.4. The molecule has 4 N–H and O–H groups in total. The van der Waals surface area contributed by atoms with Gasteiger partial charge in [0.05, 0.1) is 12.6 Å². The van der Waals surface area contributed by atoms with Crippen molar-refractivity contribution >= 4 is 28.8 Å². The zero-order valence-corrected chi connectivity index (χ0v) is 13.7. The Bertz CT molecular complexity index is 718. The van der Waals surface area contributed by atoms with Gasteiger partial charge in [-0.3, -0.25) is 15.4 Å². The number of anilines is 1. The number of hydrazine groups is 1. The molecule has 1 aromatic rings. The molecule has 0 unspecified atom stereocenters. The molecule has 0 saturated heterocycles. The van der Waals surface area contributed by atoms with Crippen molar-refractivity contribution in [2.24, 2.45) is 15.0 Å². The van der Waals surface area contributed by atoms with Gasteiger partial charge < -0.3 is 10.4 Å². The van der Waals surface area contributed by atoms with E-state index >= 15 is 0 Å². The summed E-state index contributed by atoms with van der Waals surface area (Å²) < 4.78 is 0. The van der Waals surface area contributed by atoms with Crippen LogP contribution in [0.2, 0.25) is 0 Å². The molecule has 1 aromatic carbocycles. The van der Waals surface area contributed by atoms with E-state index in [1.165, 1.54) is 0 Å². The Balaban J connectivity index is 1.93. The second-order valence-corrected chi connectivity index (χ2v) is 5.64. The molecule has 0 amide bonds. The van der Waals surface area contributed by atoms with E-state index in [4.69, 9.17) is 10.1 Å². The van der Waals surface area contributed by atoms with Gasteiger partial charge in [0.2, 0.25) is 5.96 Å². The average molecular weight is 326 g/mol. The van der Waals surface area contributed by atoms with Crippen molar-refractivity contribution in [3.05, 3.63) is 36.4 Å². The van der Waals surface area contributed by atoms with Crippen LogP contribution in [0.15, 0.2) is 45.8 Å². The van der Waals surface area contributed by atoms with Gasteiger partial charge in [-0.05, 0) is 18.9 Å². The van der Waals surface area contributed by atoms with Gasteiger partial charge in [0.15, 0.2) is 5.84 Å². The summed E-state index contributed by atoms with van der Waals surface area (Å²) in [5.41, 5.74) is 9.22. The minimum atomic E-state index is 0.0244. The molecule has 2 aliphatic rings. The molecule has 1 aliphatic carbocycles. The molecule has 0 radical (unpaired) electrons. The van der Waals surface area contributed by atoms with E-state index < -0.39 is 0 Å². The van der Waals surface area contributed by atoms with Crippen LogP contribution in [0.3, 0.4) is 0 Å². The number of nitrogens with one attached hydrogen (secondary N) is 3. The van der Waals surface area contributed by atoms with Gasteiger partial charge in [0.25, 0.3) is 0 Å². The number of nitrogens with zero attached hydrogens (tertiary/aromatic N) is 3. The summed E-state index contributed by atoms with van der Waals surface area (Å²) in [7, 11) is 1.65. The Hall–Kier alpha value is -2.51. The van der Waals surface area contributed by atoms with Crippen molar-refractivity contribution in [3.63, 3.8) is 0 Å². The Morgan fingerprint density at radius 1 is 1.38 bits per heavy atom. The fraction of sp³-hybridized carbons (Fsp3) is 0.353. The van der Waals surface area contributed by atoms with Gasteiger partial charge in [-0.2, -0.15) is 0 Å². The van der Waals surface area contributed by atoms with Crippen LogP contribution in [0.4, 0.5) is 5.69 Å². The van der Waals surface area contributed by atoms with Crippen LogP contribution in [0.5, 0.6) is 0 Å².